The number of anilines is 1. The number of ether oxygens (including phenoxy) is 1. The van der Waals surface area contributed by atoms with E-state index in [-0.39, 0.29) is 0 Å². The van der Waals surface area contributed by atoms with Crippen LogP contribution in [0.4, 0.5) is 5.82 Å². The van der Waals surface area contributed by atoms with E-state index in [1.165, 1.54) is 0 Å². The van der Waals surface area contributed by atoms with E-state index in [0.29, 0.717) is 12.6 Å². The molecule has 1 aromatic heterocycles. The Morgan fingerprint density at radius 1 is 1.37 bits per heavy atom. The highest BCUT2D eigenvalue weighted by Crippen LogP contribution is 2.21. The highest BCUT2D eigenvalue weighted by atomic mass is 16.5. The molecule has 4 heteroatoms. The standard InChI is InChI=1S/C15H26N2O2/c1-5-14(6-2)17(9-10-19-4)15-11-13(12(3)18)7-8-16-15/h7-8,11-12,14,18H,5-6,9-10H2,1-4H3/t12-/m1/s1. The monoisotopic (exact) mass is 266 g/mol. The summed E-state index contributed by atoms with van der Waals surface area (Å²) in [6, 6.07) is 4.28. The molecule has 0 aromatic carbocycles. The molecule has 0 amide bonds. The third-order valence-corrected chi connectivity index (χ3v) is 3.47. The fourth-order valence-corrected chi connectivity index (χ4v) is 2.25. The zero-order chi connectivity index (χ0) is 14.3. The first-order valence-corrected chi connectivity index (χ1v) is 7.03. The number of hydrogen-bond acceptors (Lipinski definition) is 4. The molecule has 0 unspecified atom stereocenters. The smallest absolute Gasteiger partial charge is 0.129 e. The van der Waals surface area contributed by atoms with Gasteiger partial charge in [-0.1, -0.05) is 13.8 Å². The minimum absolute atomic E-state index is 0.451. The normalized spacial score (nSPS) is 12.7. The van der Waals surface area contributed by atoms with Gasteiger partial charge in [0.05, 0.1) is 12.7 Å². The maximum atomic E-state index is 9.69. The largest absolute Gasteiger partial charge is 0.389 e. The minimum atomic E-state index is -0.465. The third-order valence-electron chi connectivity index (χ3n) is 3.47. The van der Waals surface area contributed by atoms with Crippen LogP contribution in [0, 0.1) is 0 Å². The zero-order valence-electron chi connectivity index (χ0n) is 12.5. The number of hydrogen-bond donors (Lipinski definition) is 1. The highest BCUT2D eigenvalue weighted by molar-refractivity contribution is 5.42. The van der Waals surface area contributed by atoms with Gasteiger partial charge in [-0.05, 0) is 37.5 Å². The molecule has 0 radical (unpaired) electrons. The number of methoxy groups -OCH3 is 1. The number of aliphatic hydroxyl groups excluding tert-OH is 1. The van der Waals surface area contributed by atoms with Crippen molar-refractivity contribution in [1.29, 1.82) is 0 Å². The molecule has 108 valence electrons. The van der Waals surface area contributed by atoms with Gasteiger partial charge in [0.2, 0.25) is 0 Å². The molecule has 0 saturated heterocycles. The summed E-state index contributed by atoms with van der Waals surface area (Å²) in [6.45, 7) is 7.64. The van der Waals surface area contributed by atoms with Gasteiger partial charge in [-0.15, -0.1) is 0 Å². The molecule has 0 aliphatic heterocycles. The van der Waals surface area contributed by atoms with Gasteiger partial charge in [-0.3, -0.25) is 0 Å². The van der Waals surface area contributed by atoms with Gasteiger partial charge in [0.25, 0.3) is 0 Å². The lowest BCUT2D eigenvalue weighted by atomic mass is 10.1. The second-order valence-electron chi connectivity index (χ2n) is 4.78. The van der Waals surface area contributed by atoms with Crippen LogP contribution >= 0.6 is 0 Å². The van der Waals surface area contributed by atoms with Crippen LogP contribution in [0.25, 0.3) is 0 Å². The highest BCUT2D eigenvalue weighted by Gasteiger charge is 2.17. The van der Waals surface area contributed by atoms with Crippen LogP contribution in [0.2, 0.25) is 0 Å². The van der Waals surface area contributed by atoms with Crippen molar-refractivity contribution in [3.05, 3.63) is 23.9 Å². The van der Waals surface area contributed by atoms with E-state index in [2.05, 4.69) is 23.7 Å². The van der Waals surface area contributed by atoms with Crippen LogP contribution in [-0.4, -0.2) is 36.4 Å². The average Bonchev–Trinajstić information content (AvgIpc) is 2.43. The van der Waals surface area contributed by atoms with Crippen molar-refractivity contribution in [3.8, 4) is 0 Å². The van der Waals surface area contributed by atoms with Gasteiger partial charge >= 0.3 is 0 Å². The Bertz CT molecular complexity index is 365. The van der Waals surface area contributed by atoms with Crippen molar-refractivity contribution in [3.63, 3.8) is 0 Å². The lowest BCUT2D eigenvalue weighted by Gasteiger charge is -2.31. The number of nitrogens with zero attached hydrogens (tertiary/aromatic N) is 2. The Hall–Kier alpha value is -1.13. The predicted octanol–water partition coefficient (Wildman–Crippen LogP) is 2.78. The summed E-state index contributed by atoms with van der Waals surface area (Å²) < 4.78 is 5.19. The first-order chi connectivity index (χ1) is 9.13. The van der Waals surface area contributed by atoms with E-state index >= 15 is 0 Å². The van der Waals surface area contributed by atoms with Gasteiger partial charge in [-0.2, -0.15) is 0 Å². The fraction of sp³-hybridized carbons (Fsp3) is 0.667. The Morgan fingerprint density at radius 2 is 2.05 bits per heavy atom. The van der Waals surface area contributed by atoms with E-state index < -0.39 is 6.10 Å². The summed E-state index contributed by atoms with van der Waals surface area (Å²) in [6.07, 6.45) is 3.44. The predicted molar refractivity (Wildman–Crippen MR) is 78.5 cm³/mol. The number of rotatable bonds is 8. The van der Waals surface area contributed by atoms with Crippen LogP contribution < -0.4 is 4.90 Å². The van der Waals surface area contributed by atoms with Gasteiger partial charge in [0.15, 0.2) is 0 Å². The van der Waals surface area contributed by atoms with Crippen molar-refractivity contribution in [2.75, 3.05) is 25.2 Å². The second kappa shape index (κ2) is 8.12. The molecule has 0 aliphatic rings. The fourth-order valence-electron chi connectivity index (χ4n) is 2.25. The van der Waals surface area contributed by atoms with E-state index in [1.807, 2.05) is 12.1 Å². The Labute approximate surface area is 116 Å². The quantitative estimate of drug-likeness (QED) is 0.786. The molecule has 19 heavy (non-hydrogen) atoms. The van der Waals surface area contributed by atoms with Gasteiger partial charge in [0, 0.05) is 25.9 Å². The lowest BCUT2D eigenvalue weighted by molar-refractivity contribution is 0.198. The molecule has 0 bridgehead atoms. The molecular weight excluding hydrogens is 240 g/mol. The molecule has 1 atom stereocenters. The van der Waals surface area contributed by atoms with Crippen molar-refractivity contribution in [1.82, 2.24) is 4.98 Å². The Balaban J connectivity index is 2.98. The summed E-state index contributed by atoms with van der Waals surface area (Å²) in [4.78, 5) is 6.72. The van der Waals surface area contributed by atoms with Crippen LogP contribution in [-0.2, 0) is 4.74 Å². The summed E-state index contributed by atoms with van der Waals surface area (Å²) in [7, 11) is 1.71. The van der Waals surface area contributed by atoms with Crippen molar-refractivity contribution in [2.45, 2.75) is 45.8 Å². The van der Waals surface area contributed by atoms with Crippen LogP contribution in [0.1, 0.15) is 45.3 Å². The summed E-state index contributed by atoms with van der Waals surface area (Å²) in [5, 5.41) is 9.69. The molecular formula is C15H26N2O2. The Morgan fingerprint density at radius 3 is 2.58 bits per heavy atom. The number of aliphatic hydroxyl groups is 1. The van der Waals surface area contributed by atoms with Gasteiger partial charge in [0.1, 0.15) is 5.82 Å². The molecule has 1 aromatic rings. The maximum Gasteiger partial charge on any atom is 0.129 e. The van der Waals surface area contributed by atoms with Crippen LogP contribution in [0.15, 0.2) is 18.3 Å². The Kier molecular flexibility index (Phi) is 6.81. The van der Waals surface area contributed by atoms with Crippen LogP contribution in [0.5, 0.6) is 0 Å². The zero-order valence-corrected chi connectivity index (χ0v) is 12.5. The van der Waals surface area contributed by atoms with E-state index in [9.17, 15) is 5.11 Å². The molecule has 1 rings (SSSR count). The van der Waals surface area contributed by atoms with Gasteiger partial charge < -0.3 is 14.7 Å². The topological polar surface area (TPSA) is 45.6 Å². The SMILES string of the molecule is CCC(CC)N(CCOC)c1cc([C@@H](C)O)ccn1. The molecule has 0 spiro atoms. The summed E-state index contributed by atoms with van der Waals surface area (Å²) in [5.41, 5.74) is 0.901. The van der Waals surface area contributed by atoms with Crippen molar-refractivity contribution >= 4 is 5.82 Å². The number of aromatic nitrogens is 1. The van der Waals surface area contributed by atoms with Crippen LogP contribution in [0.3, 0.4) is 0 Å². The average molecular weight is 266 g/mol. The lowest BCUT2D eigenvalue weighted by Crippen LogP contribution is -2.37. The van der Waals surface area contributed by atoms with Gasteiger partial charge in [-0.25, -0.2) is 4.98 Å². The third kappa shape index (κ3) is 4.48. The molecule has 4 nitrogen and oxygen atoms in total. The number of pyridine rings is 1. The van der Waals surface area contributed by atoms with Crippen molar-refractivity contribution < 1.29 is 9.84 Å². The van der Waals surface area contributed by atoms with Crippen molar-refractivity contribution in [2.24, 2.45) is 0 Å². The molecule has 1 heterocycles. The summed E-state index contributed by atoms with van der Waals surface area (Å²) in [5.74, 6) is 0.921. The first-order valence-electron chi connectivity index (χ1n) is 7.03. The summed E-state index contributed by atoms with van der Waals surface area (Å²) >= 11 is 0. The second-order valence-corrected chi connectivity index (χ2v) is 4.78. The van der Waals surface area contributed by atoms with E-state index in [0.717, 1.165) is 30.8 Å². The molecule has 0 fully saturated rings. The van der Waals surface area contributed by atoms with E-state index in [4.69, 9.17) is 4.74 Å². The first kappa shape index (κ1) is 15.9. The maximum absolute atomic E-state index is 9.69. The van der Waals surface area contributed by atoms with E-state index in [1.54, 1.807) is 20.2 Å². The molecule has 0 saturated carbocycles. The molecule has 0 aliphatic carbocycles. The minimum Gasteiger partial charge on any atom is -0.389 e. The molecule has 1 N–H and O–H groups in total.